The molecule has 0 fully saturated rings. The molecule has 0 radical (unpaired) electrons. The molecule has 5 aromatic rings. The van der Waals surface area contributed by atoms with Crippen LogP contribution in [0, 0.1) is 0 Å². The summed E-state index contributed by atoms with van der Waals surface area (Å²) in [6, 6.07) is 12.5. The summed E-state index contributed by atoms with van der Waals surface area (Å²) in [6.45, 7) is -0.965. The number of alkyl halides is 4. The summed E-state index contributed by atoms with van der Waals surface area (Å²) in [4.78, 5) is 29.8. The molecule has 0 saturated heterocycles. The first-order chi connectivity index (χ1) is 23.7. The molecule has 1 amide bonds. The molecule has 0 bridgehead atoms. The third kappa shape index (κ3) is 9.30. The molecule has 0 saturated carbocycles. The van der Waals surface area contributed by atoms with Crippen molar-refractivity contribution in [3.8, 4) is 11.5 Å². The number of nitrogens with two attached hydrogens (primary N) is 1. The Bertz CT molecular complexity index is 2090. The molecule has 50 heavy (non-hydrogen) atoms. The number of thiazole rings is 1. The lowest BCUT2D eigenvalue weighted by Gasteiger charge is -2.21. The number of amides is 1. The van der Waals surface area contributed by atoms with Crippen molar-refractivity contribution in [2.75, 3.05) is 13.3 Å². The number of carboxylic acids is 1. The second-order valence-corrected chi connectivity index (χ2v) is 13.6. The highest BCUT2D eigenvalue weighted by atomic mass is 32.2. The van der Waals surface area contributed by atoms with Gasteiger partial charge in [-0.1, -0.05) is 35.5 Å². The molecule has 2 aromatic heterocycles. The van der Waals surface area contributed by atoms with E-state index in [2.05, 4.69) is 20.6 Å². The average molecular weight is 737 g/mol. The highest BCUT2D eigenvalue weighted by Gasteiger charge is 2.32. The van der Waals surface area contributed by atoms with Crippen molar-refractivity contribution in [2.24, 2.45) is 5.14 Å². The average Bonchev–Trinajstić information content (AvgIpc) is 3.72. The maximum absolute atomic E-state index is 13.7. The predicted molar refractivity (Wildman–Crippen MR) is 171 cm³/mol. The molecule has 0 aliphatic carbocycles. The molecule has 0 spiro atoms. The van der Waals surface area contributed by atoms with Crippen LogP contribution in [0.5, 0.6) is 11.5 Å². The molecule has 3 aromatic carbocycles. The van der Waals surface area contributed by atoms with Crippen LogP contribution in [0.15, 0.2) is 77.3 Å². The van der Waals surface area contributed by atoms with Gasteiger partial charge in [0.15, 0.2) is 0 Å². The number of rotatable bonds is 15. The molecule has 1 unspecified atom stereocenters. The fourth-order valence-electron chi connectivity index (χ4n) is 4.77. The van der Waals surface area contributed by atoms with Crippen LogP contribution in [0.1, 0.15) is 28.4 Å². The molecular formula is C31H28F4N6O7S2. The van der Waals surface area contributed by atoms with Crippen molar-refractivity contribution in [2.45, 2.75) is 42.0 Å². The van der Waals surface area contributed by atoms with Gasteiger partial charge in [0.25, 0.3) is 10.0 Å². The van der Waals surface area contributed by atoms with Crippen molar-refractivity contribution in [1.82, 2.24) is 25.3 Å². The van der Waals surface area contributed by atoms with E-state index in [-0.39, 0.29) is 35.2 Å². The number of carbonyl (C=O) groups excluding carboxylic acids is 1. The van der Waals surface area contributed by atoms with Crippen LogP contribution in [0.3, 0.4) is 0 Å². The Kier molecular flexibility index (Phi) is 11.0. The summed E-state index contributed by atoms with van der Waals surface area (Å²) >= 11 is 0.869. The van der Waals surface area contributed by atoms with Crippen molar-refractivity contribution in [3.05, 3.63) is 95.3 Å². The number of aliphatic carboxylic acids is 1. The van der Waals surface area contributed by atoms with Gasteiger partial charge in [-0.3, -0.25) is 4.79 Å². The Morgan fingerprint density at radius 2 is 1.74 bits per heavy atom. The molecule has 19 heteroatoms. The summed E-state index contributed by atoms with van der Waals surface area (Å²) in [5.74, 6) is -1.54. The fourth-order valence-corrected chi connectivity index (χ4v) is 6.46. The van der Waals surface area contributed by atoms with E-state index in [9.17, 15) is 40.7 Å². The summed E-state index contributed by atoms with van der Waals surface area (Å²) in [5, 5.41) is 25.6. The molecular weight excluding hydrogens is 709 g/mol. The maximum atomic E-state index is 13.7. The van der Waals surface area contributed by atoms with Crippen LogP contribution in [-0.4, -0.2) is 64.7 Å². The number of carbonyl (C=O) groups is 2. The number of nitrogens with one attached hydrogen (secondary N) is 1. The first-order valence-corrected chi connectivity index (χ1v) is 17.0. The number of carboxylic acid groups (broad SMARTS) is 1. The number of aromatic nitrogens is 4. The molecule has 4 N–H and O–H groups in total. The molecule has 2 heterocycles. The first-order valence-electron chi connectivity index (χ1n) is 14.6. The van der Waals surface area contributed by atoms with E-state index in [1.165, 1.54) is 16.9 Å². The Balaban J connectivity index is 1.35. The van der Waals surface area contributed by atoms with Gasteiger partial charge in [0.2, 0.25) is 10.2 Å². The van der Waals surface area contributed by atoms with Crippen LogP contribution in [0.2, 0.25) is 0 Å². The second-order valence-electron chi connectivity index (χ2n) is 10.8. The quantitative estimate of drug-likeness (QED) is 0.132. The van der Waals surface area contributed by atoms with E-state index in [4.69, 9.17) is 14.6 Å². The van der Waals surface area contributed by atoms with E-state index in [0.717, 1.165) is 29.5 Å². The minimum Gasteiger partial charge on any atom is -0.491 e. The summed E-state index contributed by atoms with van der Waals surface area (Å²) in [5.41, 5.74) is 0.352. The van der Waals surface area contributed by atoms with Crippen LogP contribution in [0.4, 0.5) is 17.6 Å². The number of hydrogen-bond donors (Lipinski definition) is 3. The lowest BCUT2D eigenvalue weighted by Crippen LogP contribution is -2.46. The van der Waals surface area contributed by atoms with Gasteiger partial charge in [-0.25, -0.2) is 32.4 Å². The number of nitrogens with zero attached hydrogens (tertiary/aromatic N) is 4. The molecule has 0 aliphatic rings. The highest BCUT2D eigenvalue weighted by molar-refractivity contribution is 7.91. The van der Waals surface area contributed by atoms with E-state index in [0.29, 0.717) is 27.3 Å². The van der Waals surface area contributed by atoms with Gasteiger partial charge in [-0.2, -0.15) is 13.2 Å². The molecule has 0 aliphatic heterocycles. The monoisotopic (exact) mass is 736 g/mol. The predicted octanol–water partition coefficient (Wildman–Crippen LogP) is 4.08. The number of primary sulfonamides is 1. The normalized spacial score (nSPS) is 13.1. The third-order valence-corrected chi connectivity index (χ3v) is 9.49. The van der Waals surface area contributed by atoms with Gasteiger partial charge >= 0.3 is 12.1 Å². The lowest BCUT2D eigenvalue weighted by molar-refractivity contribution is -0.142. The summed E-state index contributed by atoms with van der Waals surface area (Å²) in [6.07, 6.45) is -3.69. The Labute approximate surface area is 285 Å². The number of hydrogen-bond acceptors (Lipinski definition) is 10. The summed E-state index contributed by atoms with van der Waals surface area (Å²) in [7, 11) is -3.99. The van der Waals surface area contributed by atoms with Gasteiger partial charge in [0.1, 0.15) is 49.2 Å². The standard InChI is InChI=1S/C31H28F4N6O7S2/c32-10-11-47-22-6-4-18(5-7-22)14-26(28(42)37-25(29(43)44)13-19-2-1-3-20(12-19)31(33,34)35)41-16-21(39-40-41)17-48-23-8-9-24-27(15-23)49-30(38-24)50(36,45)46/h1-9,12,15-16,25-26H,10-11,13-14,17H2,(H,37,42)(H,43,44)(H2,36,45,46)/t25?,26-/m0/s1. The number of ether oxygens (including phenoxy) is 2. The van der Waals surface area contributed by atoms with Gasteiger partial charge in [-0.05, 0) is 47.5 Å². The Hall–Kier alpha value is -5.14. The highest BCUT2D eigenvalue weighted by Crippen LogP contribution is 2.30. The molecule has 2 atom stereocenters. The van der Waals surface area contributed by atoms with Crippen LogP contribution >= 0.6 is 11.3 Å². The number of sulfonamides is 1. The van der Waals surface area contributed by atoms with Crippen molar-refractivity contribution < 1.29 is 50.1 Å². The zero-order valence-electron chi connectivity index (χ0n) is 25.7. The smallest absolute Gasteiger partial charge is 0.416 e. The minimum atomic E-state index is -4.64. The Morgan fingerprint density at radius 1 is 1.00 bits per heavy atom. The summed E-state index contributed by atoms with van der Waals surface area (Å²) < 4.78 is 88.1. The molecule has 264 valence electrons. The third-order valence-electron chi connectivity index (χ3n) is 7.16. The largest absolute Gasteiger partial charge is 0.491 e. The van der Waals surface area contributed by atoms with Crippen molar-refractivity contribution in [1.29, 1.82) is 0 Å². The van der Waals surface area contributed by atoms with Crippen LogP contribution in [0.25, 0.3) is 10.2 Å². The van der Waals surface area contributed by atoms with Crippen molar-refractivity contribution in [3.63, 3.8) is 0 Å². The number of benzene rings is 3. The Morgan fingerprint density at radius 3 is 2.42 bits per heavy atom. The van der Waals surface area contributed by atoms with Crippen LogP contribution in [-0.2, 0) is 45.2 Å². The van der Waals surface area contributed by atoms with Gasteiger partial charge in [-0.15, -0.1) is 16.4 Å². The van der Waals surface area contributed by atoms with E-state index in [1.54, 1.807) is 42.5 Å². The first kappa shape index (κ1) is 36.1. The SMILES string of the molecule is NS(=O)(=O)c1nc2ccc(OCc3cn([C@@H](Cc4ccc(OCCF)cc4)C(=O)NC(Cc4cccc(C(F)(F)F)c4)C(=O)O)nn3)cc2s1. The fraction of sp³-hybridized carbons (Fsp3) is 0.258. The lowest BCUT2D eigenvalue weighted by atomic mass is 10.0. The van der Waals surface area contributed by atoms with E-state index >= 15 is 0 Å². The van der Waals surface area contributed by atoms with Gasteiger partial charge in [0.05, 0.1) is 22.0 Å². The van der Waals surface area contributed by atoms with E-state index in [1.807, 2.05) is 0 Å². The van der Waals surface area contributed by atoms with E-state index < -0.39 is 58.8 Å². The van der Waals surface area contributed by atoms with Gasteiger partial charge in [0, 0.05) is 12.8 Å². The molecule has 5 rings (SSSR count). The zero-order valence-corrected chi connectivity index (χ0v) is 27.3. The second kappa shape index (κ2) is 15.2. The number of fused-ring (bicyclic) bond motifs is 1. The van der Waals surface area contributed by atoms with Crippen molar-refractivity contribution >= 4 is 43.5 Å². The number of halogens is 4. The topological polar surface area (TPSA) is 189 Å². The molecule has 13 nitrogen and oxygen atoms in total. The maximum Gasteiger partial charge on any atom is 0.416 e. The zero-order chi connectivity index (χ0) is 36.1. The van der Waals surface area contributed by atoms with Crippen LogP contribution < -0.4 is 19.9 Å². The minimum absolute atomic E-state index is 0.0246. The van der Waals surface area contributed by atoms with Gasteiger partial charge < -0.3 is 19.9 Å².